The Hall–Kier alpha value is -3.82. The third-order valence-corrected chi connectivity index (χ3v) is 7.23. The van der Waals surface area contributed by atoms with Crippen molar-refractivity contribution in [1.82, 2.24) is 9.97 Å². The quantitative estimate of drug-likeness (QED) is 0.545. The van der Waals surface area contributed by atoms with Crippen molar-refractivity contribution in [3.05, 3.63) is 60.8 Å². The number of anilines is 4. The van der Waals surface area contributed by atoms with Crippen LogP contribution in [0.25, 0.3) is 11.3 Å². The third kappa shape index (κ3) is 4.10. The van der Waals surface area contributed by atoms with Gasteiger partial charge in [0.1, 0.15) is 5.82 Å². The van der Waals surface area contributed by atoms with E-state index in [1.165, 1.54) is 0 Å². The minimum absolute atomic E-state index is 0.000742. The lowest BCUT2D eigenvalue weighted by atomic mass is 10.1. The Morgan fingerprint density at radius 1 is 0.972 bits per heavy atom. The lowest BCUT2D eigenvalue weighted by molar-refractivity contribution is -0.168. The lowest BCUT2D eigenvalue weighted by Gasteiger charge is -2.35. The Balaban J connectivity index is 1.30. The van der Waals surface area contributed by atoms with E-state index in [9.17, 15) is 18.0 Å². The highest BCUT2D eigenvalue weighted by atomic mass is 19.4. The number of carbonyl (C=O) groups is 1. The molecule has 3 aromatic rings. The van der Waals surface area contributed by atoms with Crippen LogP contribution >= 0.6 is 0 Å². The number of hydrogen-bond donors (Lipinski definition) is 1. The molecule has 2 atom stereocenters. The van der Waals surface area contributed by atoms with Gasteiger partial charge in [0, 0.05) is 43.6 Å². The number of urea groups is 1. The number of carbonyl (C=O) groups excluding carboxylic acids is 1. The first-order valence-electron chi connectivity index (χ1n) is 12.1. The average Bonchev–Trinajstić information content (AvgIpc) is 3.53. The van der Waals surface area contributed by atoms with Crippen LogP contribution in [0.4, 0.5) is 41.0 Å². The molecule has 2 bridgehead atoms. The number of alkyl halides is 3. The van der Waals surface area contributed by atoms with Gasteiger partial charge in [0.05, 0.1) is 23.3 Å². The summed E-state index contributed by atoms with van der Waals surface area (Å²) in [7, 11) is 0. The summed E-state index contributed by atoms with van der Waals surface area (Å²) in [6, 6.07) is 16.4. The van der Waals surface area contributed by atoms with E-state index < -0.39 is 12.1 Å². The molecule has 3 aliphatic heterocycles. The molecule has 3 aliphatic rings. The molecular formula is C26H25F3N6O. The number of nitrogens with one attached hydrogen (secondary N) is 1. The van der Waals surface area contributed by atoms with Crippen LogP contribution in [0.1, 0.15) is 12.8 Å². The maximum absolute atomic E-state index is 13.3. The number of fused-ring (bicyclic) bond motifs is 4. The van der Waals surface area contributed by atoms with E-state index >= 15 is 0 Å². The van der Waals surface area contributed by atoms with E-state index in [0.29, 0.717) is 23.9 Å². The highest BCUT2D eigenvalue weighted by Gasteiger charge is 2.44. The number of rotatable bonds is 3. The molecule has 7 nitrogen and oxygen atoms in total. The first-order valence-corrected chi connectivity index (χ1v) is 12.1. The number of nitrogens with zero attached hydrogens (tertiary/aromatic N) is 5. The minimum Gasteiger partial charge on any atom is -0.371 e. The number of benzene rings is 1. The molecule has 2 aromatic heterocycles. The zero-order valence-corrected chi connectivity index (χ0v) is 19.4. The number of halogens is 3. The molecule has 1 N–H and O–H groups in total. The molecule has 36 heavy (non-hydrogen) atoms. The second-order valence-electron chi connectivity index (χ2n) is 9.47. The Kier molecular flexibility index (Phi) is 5.46. The normalized spacial score (nSPS) is 21.0. The molecule has 0 saturated carbocycles. The monoisotopic (exact) mass is 494 g/mol. The summed E-state index contributed by atoms with van der Waals surface area (Å²) >= 11 is 0. The molecule has 2 fully saturated rings. The van der Waals surface area contributed by atoms with Gasteiger partial charge in [0.25, 0.3) is 0 Å². The first-order chi connectivity index (χ1) is 17.4. The molecule has 186 valence electrons. The SMILES string of the molecule is O=C(Nc1ccccn1)N1c2nc(-c3cccc(N4CCC(C(F)(F)F)C4)c3)ccc2N2CC[C@H]1C2. The van der Waals surface area contributed by atoms with Crippen LogP contribution in [0.5, 0.6) is 0 Å². The van der Waals surface area contributed by atoms with E-state index in [1.54, 1.807) is 28.1 Å². The van der Waals surface area contributed by atoms with Crippen LogP contribution in [0, 0.1) is 5.92 Å². The minimum atomic E-state index is -4.18. The molecule has 2 saturated heterocycles. The molecule has 0 radical (unpaired) electrons. The van der Waals surface area contributed by atoms with Crippen molar-refractivity contribution in [2.45, 2.75) is 25.1 Å². The third-order valence-electron chi connectivity index (χ3n) is 7.23. The highest BCUT2D eigenvalue weighted by molar-refractivity contribution is 6.04. The summed E-state index contributed by atoms with van der Waals surface area (Å²) in [6.07, 6.45) is -1.62. The second kappa shape index (κ2) is 8.69. The van der Waals surface area contributed by atoms with E-state index in [-0.39, 0.29) is 25.0 Å². The molecular weight excluding hydrogens is 469 g/mol. The number of hydrogen-bond acceptors (Lipinski definition) is 5. The first kappa shape index (κ1) is 22.6. The number of aromatic nitrogens is 2. The molecule has 0 spiro atoms. The lowest BCUT2D eigenvalue weighted by Crippen LogP contribution is -2.48. The standard InChI is InChI=1S/C26H25F3N6O/c27-26(28,29)18-9-12-33(15-18)19-5-3-4-17(14-19)21-7-8-22-24(31-21)35(20-10-13-34(22)16-20)25(36)32-23-6-1-2-11-30-23/h1-8,11,14,18,20H,9-10,12-13,15-16H2,(H,30,32,36)/t18?,20-/m0/s1. The van der Waals surface area contributed by atoms with Crippen molar-refractivity contribution in [1.29, 1.82) is 0 Å². The van der Waals surface area contributed by atoms with Crippen LogP contribution in [0.2, 0.25) is 0 Å². The summed E-state index contributed by atoms with van der Waals surface area (Å²) in [5.41, 5.74) is 3.10. The summed E-state index contributed by atoms with van der Waals surface area (Å²) in [5.74, 6) is -0.256. The van der Waals surface area contributed by atoms with E-state index in [2.05, 4.69) is 15.2 Å². The zero-order chi connectivity index (χ0) is 24.9. The Labute approximate surface area is 206 Å². The Bertz CT molecular complexity index is 1280. The van der Waals surface area contributed by atoms with Crippen molar-refractivity contribution < 1.29 is 18.0 Å². The van der Waals surface area contributed by atoms with Gasteiger partial charge < -0.3 is 9.80 Å². The van der Waals surface area contributed by atoms with Crippen molar-refractivity contribution in [3.8, 4) is 11.3 Å². The van der Waals surface area contributed by atoms with E-state index in [0.717, 1.165) is 36.4 Å². The predicted octanol–water partition coefficient (Wildman–Crippen LogP) is 5.16. The summed E-state index contributed by atoms with van der Waals surface area (Å²) < 4.78 is 39.5. The maximum Gasteiger partial charge on any atom is 0.393 e. The van der Waals surface area contributed by atoms with Gasteiger partial charge in [0.2, 0.25) is 0 Å². The van der Waals surface area contributed by atoms with Crippen LogP contribution in [-0.2, 0) is 0 Å². The van der Waals surface area contributed by atoms with Gasteiger partial charge in [-0.3, -0.25) is 10.2 Å². The highest BCUT2D eigenvalue weighted by Crippen LogP contribution is 2.41. The van der Waals surface area contributed by atoms with Gasteiger partial charge in [-0.15, -0.1) is 0 Å². The second-order valence-corrected chi connectivity index (χ2v) is 9.47. The molecule has 2 amide bonds. The van der Waals surface area contributed by atoms with Crippen LogP contribution in [-0.4, -0.2) is 54.4 Å². The largest absolute Gasteiger partial charge is 0.393 e. The topological polar surface area (TPSA) is 64.6 Å². The molecule has 6 rings (SSSR count). The van der Waals surface area contributed by atoms with Gasteiger partial charge in [0.15, 0.2) is 5.82 Å². The molecule has 0 aliphatic carbocycles. The molecule has 5 heterocycles. The number of amides is 2. The van der Waals surface area contributed by atoms with Crippen LogP contribution < -0.4 is 20.0 Å². The van der Waals surface area contributed by atoms with Crippen molar-refractivity contribution in [3.63, 3.8) is 0 Å². The maximum atomic E-state index is 13.3. The van der Waals surface area contributed by atoms with Crippen LogP contribution in [0.15, 0.2) is 60.8 Å². The Morgan fingerprint density at radius 2 is 1.83 bits per heavy atom. The van der Waals surface area contributed by atoms with E-state index in [4.69, 9.17) is 4.98 Å². The smallest absolute Gasteiger partial charge is 0.371 e. The van der Waals surface area contributed by atoms with Crippen molar-refractivity contribution in [2.24, 2.45) is 5.92 Å². The number of pyridine rings is 2. The fourth-order valence-corrected chi connectivity index (χ4v) is 5.36. The molecule has 1 aromatic carbocycles. The average molecular weight is 495 g/mol. The fraction of sp³-hybridized carbons (Fsp3) is 0.346. The summed E-state index contributed by atoms with van der Waals surface area (Å²) in [5, 5.41) is 2.88. The van der Waals surface area contributed by atoms with Gasteiger partial charge in [-0.05, 0) is 49.2 Å². The summed E-state index contributed by atoms with van der Waals surface area (Å²) in [6.45, 7) is 1.91. The van der Waals surface area contributed by atoms with Crippen LogP contribution in [0.3, 0.4) is 0 Å². The van der Waals surface area contributed by atoms with E-state index in [1.807, 2.05) is 42.5 Å². The van der Waals surface area contributed by atoms with Gasteiger partial charge in [-0.25, -0.2) is 14.8 Å². The summed E-state index contributed by atoms with van der Waals surface area (Å²) in [4.78, 5) is 28.1. The zero-order valence-electron chi connectivity index (χ0n) is 19.4. The Morgan fingerprint density at radius 3 is 2.61 bits per heavy atom. The van der Waals surface area contributed by atoms with Crippen molar-refractivity contribution in [2.75, 3.05) is 46.2 Å². The van der Waals surface area contributed by atoms with Crippen molar-refractivity contribution >= 4 is 29.0 Å². The fourth-order valence-electron chi connectivity index (χ4n) is 5.36. The molecule has 1 unspecified atom stereocenters. The predicted molar refractivity (Wildman–Crippen MR) is 132 cm³/mol. The van der Waals surface area contributed by atoms with Gasteiger partial charge >= 0.3 is 12.2 Å². The van der Waals surface area contributed by atoms with Gasteiger partial charge in [-0.2, -0.15) is 13.2 Å². The van der Waals surface area contributed by atoms with Gasteiger partial charge in [-0.1, -0.05) is 18.2 Å². The molecule has 10 heteroatoms.